The average molecular weight is 727 g/mol. The summed E-state index contributed by atoms with van der Waals surface area (Å²) in [5.74, 6) is -3.25. The second-order valence-electron chi connectivity index (χ2n) is 14.8. The molecule has 5 N–H and O–H groups in total. The first-order valence-corrected chi connectivity index (χ1v) is 18.9. The Hall–Kier alpha value is -1.74. The summed E-state index contributed by atoms with van der Waals surface area (Å²) < 4.78 is 93.5. The highest BCUT2D eigenvalue weighted by Crippen LogP contribution is 2.70. The van der Waals surface area contributed by atoms with E-state index in [1.807, 2.05) is 6.92 Å². The number of esters is 1. The van der Waals surface area contributed by atoms with Crippen molar-refractivity contribution in [3.05, 3.63) is 12.2 Å². The highest BCUT2D eigenvalue weighted by molar-refractivity contribution is 7.81. The lowest BCUT2D eigenvalue weighted by Crippen LogP contribution is -2.64. The lowest BCUT2D eigenvalue weighted by molar-refractivity contribution is -0.316. The zero-order valence-corrected chi connectivity index (χ0v) is 28.7. The summed E-state index contributed by atoms with van der Waals surface area (Å²) in [6.45, 7) is 8.52. The number of rotatable bonds is 11. The van der Waals surface area contributed by atoms with E-state index in [1.165, 1.54) is 0 Å². The van der Waals surface area contributed by atoms with E-state index < -0.39 is 99.0 Å². The fourth-order valence-electron chi connectivity index (χ4n) is 9.82. The van der Waals surface area contributed by atoms with E-state index in [4.69, 9.17) is 18.4 Å². The molecule has 1 aliphatic heterocycles. The van der Waals surface area contributed by atoms with Crippen LogP contribution in [-0.2, 0) is 53.0 Å². The molecule has 0 amide bonds. The number of aliphatic carboxylic acids is 1. The van der Waals surface area contributed by atoms with Gasteiger partial charge in [-0.1, -0.05) is 27.4 Å². The molecule has 0 radical (unpaired) electrons. The summed E-state index contributed by atoms with van der Waals surface area (Å²) in [7, 11) is -10.8. The number of aliphatic hydroxyl groups is 2. The predicted molar refractivity (Wildman–Crippen MR) is 162 cm³/mol. The van der Waals surface area contributed by atoms with Crippen LogP contribution in [0, 0.1) is 40.4 Å². The Bertz CT molecular complexity index is 1480. The molecule has 5 aliphatic rings. The number of fused-ring (bicyclic) bond motifs is 3. The zero-order valence-electron chi connectivity index (χ0n) is 27.0. The van der Waals surface area contributed by atoms with E-state index in [9.17, 15) is 50.8 Å². The number of carbonyl (C=O) groups is 2. The van der Waals surface area contributed by atoms with E-state index in [1.54, 1.807) is 13.8 Å². The van der Waals surface area contributed by atoms with Crippen molar-refractivity contribution >= 4 is 32.7 Å². The molecule has 0 unspecified atom stereocenters. The normalized spacial score (nSPS) is 43.0. The average Bonchev–Trinajstić information content (AvgIpc) is 3.12. The summed E-state index contributed by atoms with van der Waals surface area (Å²) >= 11 is 0. The summed E-state index contributed by atoms with van der Waals surface area (Å²) in [5, 5.41) is 32.0. The van der Waals surface area contributed by atoms with Crippen molar-refractivity contribution in [3.63, 3.8) is 0 Å². The van der Waals surface area contributed by atoms with Gasteiger partial charge in [-0.3, -0.25) is 18.7 Å². The largest absolute Gasteiger partial charge is 0.481 e. The van der Waals surface area contributed by atoms with E-state index >= 15 is 0 Å². The maximum Gasteiger partial charge on any atom is 0.397 e. The van der Waals surface area contributed by atoms with Crippen LogP contribution in [-0.4, -0.2) is 103 Å². The van der Waals surface area contributed by atoms with Crippen LogP contribution in [0.25, 0.3) is 0 Å². The molecule has 48 heavy (non-hydrogen) atoms. The molecule has 4 saturated carbocycles. The molecule has 5 fully saturated rings. The van der Waals surface area contributed by atoms with Gasteiger partial charge in [0.2, 0.25) is 0 Å². The Morgan fingerprint density at radius 3 is 2.25 bits per heavy atom. The molecule has 18 heteroatoms. The molecule has 1 saturated heterocycles. The number of aliphatic hydroxyl groups excluding tert-OH is 2. The van der Waals surface area contributed by atoms with Crippen LogP contribution in [0.1, 0.15) is 72.1 Å². The van der Waals surface area contributed by atoms with Crippen LogP contribution >= 0.6 is 0 Å². The van der Waals surface area contributed by atoms with Gasteiger partial charge in [-0.15, -0.1) is 0 Å². The Balaban J connectivity index is 1.51. The van der Waals surface area contributed by atoms with Crippen LogP contribution in [0.15, 0.2) is 12.2 Å². The van der Waals surface area contributed by atoms with Gasteiger partial charge in [0.1, 0.15) is 12.2 Å². The third kappa shape index (κ3) is 7.20. The highest BCUT2D eigenvalue weighted by atomic mass is 32.3. The summed E-state index contributed by atoms with van der Waals surface area (Å²) in [4.78, 5) is 25.7. The van der Waals surface area contributed by atoms with Crippen LogP contribution in [0.2, 0.25) is 0 Å². The number of hydrogen-bond donors (Lipinski definition) is 5. The Labute approximate surface area is 280 Å². The van der Waals surface area contributed by atoms with E-state index in [2.05, 4.69) is 10.8 Å². The molecule has 1 spiro atoms. The molecule has 0 aromatic carbocycles. The first-order chi connectivity index (χ1) is 22.2. The molecule has 16 nitrogen and oxygen atoms in total. The lowest BCUT2D eigenvalue weighted by Gasteiger charge is -2.62. The number of ether oxygens (including phenoxy) is 3. The zero-order chi connectivity index (χ0) is 35.6. The molecule has 13 atom stereocenters. The molecule has 274 valence electrons. The minimum atomic E-state index is -5.42. The van der Waals surface area contributed by atoms with Gasteiger partial charge in [0, 0.05) is 11.8 Å². The molecule has 0 aromatic heterocycles. The van der Waals surface area contributed by atoms with Crippen LogP contribution in [0.5, 0.6) is 0 Å². The predicted octanol–water partition coefficient (Wildman–Crippen LogP) is 1.67. The van der Waals surface area contributed by atoms with Crippen molar-refractivity contribution < 1.29 is 73.4 Å². The topological polar surface area (TPSA) is 250 Å². The molecular weight excluding hydrogens is 680 g/mol. The van der Waals surface area contributed by atoms with Crippen molar-refractivity contribution in [2.45, 2.75) is 115 Å². The first-order valence-electron chi connectivity index (χ1n) is 16.2. The Kier molecular flexibility index (Phi) is 10.5. The third-order valence-corrected chi connectivity index (χ3v) is 12.4. The molecular formula is C30H46O16S2. The van der Waals surface area contributed by atoms with E-state index in [-0.39, 0.29) is 42.9 Å². The number of carboxylic acids is 1. The number of hydrogen-bond acceptors (Lipinski definition) is 13. The van der Waals surface area contributed by atoms with Gasteiger partial charge in [0.05, 0.1) is 24.7 Å². The van der Waals surface area contributed by atoms with Crippen molar-refractivity contribution in [3.8, 4) is 0 Å². The van der Waals surface area contributed by atoms with E-state index in [0.29, 0.717) is 12.8 Å². The lowest BCUT2D eigenvalue weighted by atomic mass is 9.43. The smallest absolute Gasteiger partial charge is 0.397 e. The SMILES string of the molecule is C=C1[C@@H]2CC[C@H]3[C@@]4(C)C[C@@H](O[C@@H]5O[C@H](CO)[C@H](OS(=O)(=O)O)[C@@H](OS(=O)(=O)O)[C@@H]5OC(=O)CC(C)C)C[C@@H](C(=O)O)[C@H]4CC[C@@]3(C2)[C@H]1O. The van der Waals surface area contributed by atoms with Crippen molar-refractivity contribution in [2.75, 3.05) is 6.61 Å². The van der Waals surface area contributed by atoms with Gasteiger partial charge in [0.25, 0.3) is 0 Å². The van der Waals surface area contributed by atoms with Gasteiger partial charge >= 0.3 is 32.7 Å². The summed E-state index contributed by atoms with van der Waals surface area (Å²) in [6.07, 6.45) is -7.93. The second-order valence-corrected chi connectivity index (χ2v) is 16.9. The van der Waals surface area contributed by atoms with Gasteiger partial charge in [-0.25, -0.2) is 8.37 Å². The fraction of sp³-hybridized carbons (Fsp3) is 0.867. The van der Waals surface area contributed by atoms with Gasteiger partial charge in [0.15, 0.2) is 18.5 Å². The standard InChI is InChI=1S/C30H46O16S2/c1-14(2)9-22(32)44-25-24(46-48(39,40)41)23(45-47(36,37)38)20(13-31)43-28(25)42-17-10-18(27(34)35)19-7-8-30-11-16(15(3)26(30)33)5-6-21(30)29(19,4)12-17/h14,16-21,23-26,28,31,33H,3,5-13H2,1-2,4H3,(H,34,35)(H,36,37,38)(H,39,40,41)/t16-,17+,18-,19-,20-,21+,23+,24-,25+,26+,28-,29+,30+/m1/s1. The summed E-state index contributed by atoms with van der Waals surface area (Å²) in [5.41, 5.74) is -0.319. The quantitative estimate of drug-likeness (QED) is 0.0879. The second kappa shape index (κ2) is 13.4. The number of carbonyl (C=O) groups excluding carboxylic acids is 1. The fourth-order valence-corrected chi connectivity index (χ4v) is 10.8. The van der Waals surface area contributed by atoms with Crippen molar-refractivity contribution in [2.24, 2.45) is 40.4 Å². The van der Waals surface area contributed by atoms with Crippen LogP contribution in [0.4, 0.5) is 0 Å². The van der Waals surface area contributed by atoms with E-state index in [0.717, 1.165) is 24.8 Å². The Morgan fingerprint density at radius 2 is 1.67 bits per heavy atom. The van der Waals surface area contributed by atoms with Gasteiger partial charge < -0.3 is 29.5 Å². The minimum absolute atomic E-state index is 0.0156. The number of carboxylic acid groups (broad SMARTS) is 1. The molecule has 0 aromatic rings. The Morgan fingerprint density at radius 1 is 1.02 bits per heavy atom. The highest BCUT2D eigenvalue weighted by Gasteiger charge is 2.67. The maximum absolute atomic E-state index is 12.9. The molecule has 1 heterocycles. The van der Waals surface area contributed by atoms with Gasteiger partial charge in [-0.2, -0.15) is 16.8 Å². The van der Waals surface area contributed by atoms with Crippen LogP contribution in [0.3, 0.4) is 0 Å². The molecule has 4 aliphatic carbocycles. The minimum Gasteiger partial charge on any atom is -0.481 e. The van der Waals surface area contributed by atoms with Crippen LogP contribution < -0.4 is 0 Å². The first kappa shape index (κ1) is 37.5. The van der Waals surface area contributed by atoms with Crippen molar-refractivity contribution in [1.29, 1.82) is 0 Å². The van der Waals surface area contributed by atoms with Crippen molar-refractivity contribution in [1.82, 2.24) is 0 Å². The third-order valence-electron chi connectivity index (χ3n) is 11.5. The molecule has 5 rings (SSSR count). The van der Waals surface area contributed by atoms with Gasteiger partial charge in [-0.05, 0) is 79.6 Å². The summed E-state index contributed by atoms with van der Waals surface area (Å²) in [6, 6.07) is 0. The monoisotopic (exact) mass is 726 g/mol. The maximum atomic E-state index is 12.9. The molecule has 2 bridgehead atoms.